The van der Waals surface area contributed by atoms with E-state index in [1.165, 1.54) is 117 Å². The number of sulfonamides is 2. The summed E-state index contributed by atoms with van der Waals surface area (Å²) in [4.78, 5) is 50.4. The zero-order valence-corrected chi connectivity index (χ0v) is 55.5. The minimum Gasteiger partial charge on any atom is -0.506 e. The number of anilines is 4. The Labute approximate surface area is 570 Å². The summed E-state index contributed by atoms with van der Waals surface area (Å²) in [5.74, 6) is -4.37. The van der Waals surface area contributed by atoms with Gasteiger partial charge in [-0.2, -0.15) is 32.2 Å². The number of rotatable bonds is 18. The van der Waals surface area contributed by atoms with Gasteiger partial charge in [-0.05, 0) is 175 Å². The number of nitrogen functional groups attached to an aromatic ring is 2. The van der Waals surface area contributed by atoms with Gasteiger partial charge < -0.3 is 26.8 Å². The summed E-state index contributed by atoms with van der Waals surface area (Å²) >= 11 is 0. The highest BCUT2D eigenvalue weighted by molar-refractivity contribution is 7.93. The van der Waals surface area contributed by atoms with Gasteiger partial charge in [0.05, 0.1) is 88.3 Å². The molecule has 37 heteroatoms. The Kier molecular flexibility index (Phi) is 17.3. The summed E-state index contributed by atoms with van der Waals surface area (Å²) in [6.07, 6.45) is 0. The number of hydrogen-bond donors (Lipinski definition) is 9. The van der Waals surface area contributed by atoms with Crippen molar-refractivity contribution in [2.45, 2.75) is 33.4 Å². The van der Waals surface area contributed by atoms with Crippen molar-refractivity contribution >= 4 is 165 Å². The van der Waals surface area contributed by atoms with E-state index in [1.54, 1.807) is 13.8 Å². The molecule has 4 amide bonds. The number of phenols is 3. The molecule has 2 aliphatic rings. The molecule has 0 aliphatic carbocycles. The number of benzene rings is 10. The lowest BCUT2D eigenvalue weighted by Crippen LogP contribution is -2.24. The van der Waals surface area contributed by atoms with Crippen LogP contribution < -0.4 is 20.9 Å². The molecule has 0 unspecified atom stereocenters. The summed E-state index contributed by atoms with van der Waals surface area (Å²) in [7, 11) is -16.3. The second kappa shape index (κ2) is 25.6. The van der Waals surface area contributed by atoms with Crippen LogP contribution >= 0.6 is 0 Å². The Morgan fingerprint density at radius 2 is 0.752 bits per heavy atom. The standard InChI is InChI=1S/C64H48N16O17S4/c1-30-25-32-27-47(100(92,93)94)57(59(82)49(32)53(65)55(30)73-70-43-9-5-7-41-51(43)63(86)79(3)61(41)84)75-68-35-15-20-39(21-16-35)98(88,89)77-37-13-11-34(12-14-37)67-72-45-29-38(19-24-46(45)81)78-99(90,91)40-22-17-36(18-23-40)69-76-58-48(101(95,96)97)28-33-26-31(2)56(54(66)50(33)60(58)83)74-71-44-10-6-8-42-52(44)64(87)80(4)62(42)85/h5-29,77-78,81-83H,65-66H2,1-4H3,(H,92,93,94)(H,95,96,97). The Balaban J connectivity index is 0.702. The van der Waals surface area contributed by atoms with E-state index in [4.69, 9.17) is 11.5 Å². The number of aryl methyl sites for hydroxylation is 2. The molecule has 12 rings (SSSR count). The van der Waals surface area contributed by atoms with E-state index >= 15 is 0 Å². The number of carbonyl (C=O) groups is 4. The number of fused-ring (bicyclic) bond motifs is 4. The molecule has 2 aliphatic heterocycles. The average Bonchev–Trinajstić information content (AvgIpc) is 1.20. The highest BCUT2D eigenvalue weighted by atomic mass is 32.2. The highest BCUT2D eigenvalue weighted by Gasteiger charge is 2.37. The quantitative estimate of drug-likeness (QED) is 0.0127. The molecule has 0 bridgehead atoms. The van der Waals surface area contributed by atoms with Crippen molar-refractivity contribution in [2.75, 3.05) is 35.0 Å². The van der Waals surface area contributed by atoms with E-state index in [9.17, 15) is 77.3 Å². The number of phenolic OH excluding ortho intramolecular Hbond substituents is 3. The van der Waals surface area contributed by atoms with Gasteiger partial charge in [-0.1, -0.05) is 12.1 Å². The second-order valence-electron chi connectivity index (χ2n) is 22.4. The van der Waals surface area contributed by atoms with E-state index in [2.05, 4.69) is 60.6 Å². The Bertz CT molecular complexity index is 5960. The minimum absolute atomic E-state index is 0.00437. The van der Waals surface area contributed by atoms with Crippen molar-refractivity contribution < 1.29 is 77.3 Å². The van der Waals surface area contributed by atoms with Crippen LogP contribution in [0.3, 0.4) is 0 Å². The number of nitrogens with two attached hydrogens (primary N) is 2. The van der Waals surface area contributed by atoms with E-state index in [-0.39, 0.29) is 122 Å². The summed E-state index contributed by atoms with van der Waals surface area (Å²) < 4.78 is 130. The third-order valence-electron chi connectivity index (χ3n) is 15.8. The van der Waals surface area contributed by atoms with Gasteiger partial charge >= 0.3 is 0 Å². The van der Waals surface area contributed by atoms with Crippen LogP contribution in [0.5, 0.6) is 17.2 Å². The van der Waals surface area contributed by atoms with Crippen molar-refractivity contribution in [3.63, 3.8) is 0 Å². The monoisotopic (exact) mass is 1440 g/mol. The summed E-state index contributed by atoms with van der Waals surface area (Å²) in [6, 6.07) is 31.9. The number of hydrogen-bond acceptors (Lipinski definition) is 27. The first kappa shape index (κ1) is 68.3. The van der Waals surface area contributed by atoms with Crippen LogP contribution in [0.25, 0.3) is 21.5 Å². The molecule has 2 heterocycles. The Morgan fingerprint density at radius 3 is 1.16 bits per heavy atom. The number of azo groups is 5. The molecule has 0 saturated carbocycles. The third kappa shape index (κ3) is 13.0. The highest BCUT2D eigenvalue weighted by Crippen LogP contribution is 2.50. The van der Waals surface area contributed by atoms with Crippen LogP contribution in [0.2, 0.25) is 0 Å². The SMILES string of the molecule is Cc1cc2cc(S(=O)(=O)O)c(N=Nc3ccc(S(=O)(=O)Nc4ccc(N=Nc5cc(NS(=O)(=O)c6ccc(N=Nc7c(S(=O)(=O)O)cc8cc(C)c(N=Nc9cccc%10c9C(=O)N(C)C%10=O)c(N)c8c7O)cc6)ccc5O)cc4)cc3)c(O)c2c(N)c1N=Nc1cccc2c1C(=O)N(C)C2=O. The molecule has 33 nitrogen and oxygen atoms in total. The maximum Gasteiger partial charge on any atom is 0.296 e. The minimum atomic E-state index is -5.10. The fourth-order valence-corrected chi connectivity index (χ4v) is 14.2. The van der Waals surface area contributed by atoms with Crippen molar-refractivity contribution in [3.8, 4) is 17.2 Å². The normalized spacial score (nSPS) is 13.8. The predicted octanol–water partition coefficient (Wildman–Crippen LogP) is 13.5. The maximum atomic E-state index is 13.6. The zero-order chi connectivity index (χ0) is 72.5. The van der Waals surface area contributed by atoms with Gasteiger partial charge in [-0.3, -0.25) is 47.5 Å². The molecular formula is C64H48N16O17S4. The van der Waals surface area contributed by atoms with E-state index < -0.39 is 102 Å². The number of imide groups is 2. The van der Waals surface area contributed by atoms with Gasteiger partial charge in [-0.25, -0.2) is 16.8 Å². The van der Waals surface area contributed by atoms with Crippen molar-refractivity contribution in [1.82, 2.24) is 9.80 Å². The topological polar surface area (TPSA) is 512 Å². The Hall–Kier alpha value is -12.7. The molecule has 0 fully saturated rings. The number of nitrogens with one attached hydrogen (secondary N) is 2. The lowest BCUT2D eigenvalue weighted by molar-refractivity contribution is 0.0678. The van der Waals surface area contributed by atoms with Crippen LogP contribution in [0.15, 0.2) is 222 Å². The number of aromatic hydroxyl groups is 3. The number of amides is 4. The van der Waals surface area contributed by atoms with Gasteiger partial charge in [0.1, 0.15) is 44.0 Å². The molecule has 0 radical (unpaired) electrons. The molecular weight excluding hydrogens is 1390 g/mol. The molecule has 510 valence electrons. The van der Waals surface area contributed by atoms with Crippen LogP contribution in [-0.4, -0.2) is 106 Å². The number of nitrogens with zero attached hydrogens (tertiary/aromatic N) is 12. The van der Waals surface area contributed by atoms with Crippen molar-refractivity contribution in [2.24, 2.45) is 51.1 Å². The Morgan fingerprint density at radius 1 is 0.396 bits per heavy atom. The molecule has 11 N–H and O–H groups in total. The van der Waals surface area contributed by atoms with Gasteiger partial charge in [0, 0.05) is 19.8 Å². The summed E-state index contributed by atoms with van der Waals surface area (Å²) in [5, 5.41) is 74.2. The summed E-state index contributed by atoms with van der Waals surface area (Å²) in [6.45, 7) is 3.11. The summed E-state index contributed by atoms with van der Waals surface area (Å²) in [5.41, 5.74) is 11.9. The predicted molar refractivity (Wildman–Crippen MR) is 365 cm³/mol. The van der Waals surface area contributed by atoms with Crippen molar-refractivity contribution in [3.05, 3.63) is 185 Å². The molecule has 0 saturated heterocycles. The van der Waals surface area contributed by atoms with Gasteiger partial charge in [0.15, 0.2) is 11.5 Å². The van der Waals surface area contributed by atoms with Gasteiger partial charge in [-0.15, -0.1) is 35.8 Å². The van der Waals surface area contributed by atoms with Gasteiger partial charge in [0.25, 0.3) is 63.9 Å². The number of carbonyl (C=O) groups excluding carboxylic acids is 4. The average molecular weight is 1440 g/mol. The second-order valence-corrected chi connectivity index (χ2v) is 28.5. The lowest BCUT2D eigenvalue weighted by Gasteiger charge is -2.13. The van der Waals surface area contributed by atoms with E-state index in [1.807, 2.05) is 0 Å². The first-order chi connectivity index (χ1) is 47.7. The van der Waals surface area contributed by atoms with E-state index in [0.29, 0.717) is 11.1 Å². The van der Waals surface area contributed by atoms with Crippen LogP contribution in [0, 0.1) is 13.8 Å². The molecule has 0 aromatic heterocycles. The van der Waals surface area contributed by atoms with Crippen molar-refractivity contribution in [1.29, 1.82) is 0 Å². The molecule has 101 heavy (non-hydrogen) atoms. The first-order valence-corrected chi connectivity index (χ1v) is 34.9. The molecule has 0 spiro atoms. The van der Waals surface area contributed by atoms with E-state index in [0.717, 1.165) is 58.3 Å². The molecule has 10 aromatic rings. The zero-order valence-electron chi connectivity index (χ0n) is 52.2. The largest absolute Gasteiger partial charge is 0.506 e. The smallest absolute Gasteiger partial charge is 0.296 e. The van der Waals surface area contributed by atoms with Crippen LogP contribution in [0.1, 0.15) is 52.6 Å². The fraction of sp³-hybridized carbons (Fsp3) is 0.0625. The van der Waals surface area contributed by atoms with Crippen LogP contribution in [0.4, 0.5) is 79.6 Å². The fourth-order valence-electron chi connectivity index (χ4n) is 10.8. The van der Waals surface area contributed by atoms with Crippen LogP contribution in [-0.2, 0) is 40.3 Å². The molecule has 10 aromatic carbocycles. The molecule has 0 atom stereocenters. The third-order valence-corrected chi connectivity index (χ3v) is 20.3. The first-order valence-electron chi connectivity index (χ1n) is 29.0. The maximum absolute atomic E-state index is 13.6. The van der Waals surface area contributed by atoms with Gasteiger partial charge in [0.2, 0.25) is 0 Å². The lowest BCUT2D eigenvalue weighted by atomic mass is 10.0.